The van der Waals surface area contributed by atoms with Crippen LogP contribution in [0.3, 0.4) is 0 Å². The molecule has 1 heterocycles. The normalized spacial score (nSPS) is 16.3. The van der Waals surface area contributed by atoms with E-state index >= 15 is 0 Å². The maximum absolute atomic E-state index is 13.6. The Morgan fingerprint density at radius 3 is 2.23 bits per heavy atom. The van der Waals surface area contributed by atoms with Crippen LogP contribution in [-0.2, 0) is 16.2 Å². The molecule has 4 aromatic rings. The molecule has 5 rings (SSSR count). The van der Waals surface area contributed by atoms with E-state index in [-0.39, 0.29) is 11.3 Å². The minimum atomic E-state index is -0.882. The van der Waals surface area contributed by atoms with Crippen LogP contribution in [0.15, 0.2) is 96.6 Å². The molecule has 40 heavy (non-hydrogen) atoms. The lowest BCUT2D eigenvalue weighted by atomic mass is 9.94. The summed E-state index contributed by atoms with van der Waals surface area (Å²) < 4.78 is 11.6. The molecule has 1 amide bonds. The number of aryl methyl sites for hydroxylation is 3. The molecular weight excluding hydrogens is 502 g/mol. The summed E-state index contributed by atoms with van der Waals surface area (Å²) in [5, 5.41) is 11.6. The number of para-hydroxylation sites is 1. The van der Waals surface area contributed by atoms with Crippen LogP contribution in [0.1, 0.15) is 39.4 Å². The third-order valence-corrected chi connectivity index (χ3v) is 7.33. The highest BCUT2D eigenvalue weighted by molar-refractivity contribution is 6.51. The van der Waals surface area contributed by atoms with Crippen LogP contribution in [0.5, 0.6) is 11.5 Å². The van der Waals surface area contributed by atoms with Crippen molar-refractivity contribution in [3.8, 4) is 11.5 Å². The van der Waals surface area contributed by atoms with Gasteiger partial charge in [0.25, 0.3) is 11.7 Å². The van der Waals surface area contributed by atoms with Crippen LogP contribution in [-0.4, -0.2) is 23.9 Å². The van der Waals surface area contributed by atoms with Gasteiger partial charge in [-0.25, -0.2) is 0 Å². The molecule has 6 nitrogen and oxygen atoms in total. The number of hydrogen-bond acceptors (Lipinski definition) is 5. The molecule has 1 atom stereocenters. The maximum Gasteiger partial charge on any atom is 0.300 e. The van der Waals surface area contributed by atoms with Gasteiger partial charge in [-0.3, -0.25) is 14.5 Å². The zero-order chi connectivity index (χ0) is 28.4. The first-order valence-electron chi connectivity index (χ1n) is 13.1. The Morgan fingerprint density at radius 2 is 1.52 bits per heavy atom. The summed E-state index contributed by atoms with van der Waals surface area (Å²) in [5.41, 5.74) is 5.48. The quantitative estimate of drug-likeness (QED) is 0.160. The molecule has 0 bridgehead atoms. The number of aliphatic hydroxyl groups excluding tert-OH is 1. The predicted octanol–water partition coefficient (Wildman–Crippen LogP) is 6.83. The second-order valence-corrected chi connectivity index (χ2v) is 9.93. The van der Waals surface area contributed by atoms with Crippen LogP contribution < -0.4 is 14.4 Å². The van der Waals surface area contributed by atoms with E-state index in [4.69, 9.17) is 9.47 Å². The summed E-state index contributed by atoms with van der Waals surface area (Å²) in [4.78, 5) is 28.6. The molecule has 1 N–H and O–H groups in total. The average Bonchev–Trinajstić information content (AvgIpc) is 3.23. The van der Waals surface area contributed by atoms with Crippen molar-refractivity contribution in [2.24, 2.45) is 0 Å². The molecule has 4 aromatic carbocycles. The molecule has 1 unspecified atom stereocenters. The molecule has 6 heteroatoms. The lowest BCUT2D eigenvalue weighted by Gasteiger charge is -2.27. The molecule has 0 aromatic heterocycles. The number of ketones is 1. The Labute approximate surface area is 234 Å². The molecule has 1 saturated heterocycles. The lowest BCUT2D eigenvalue weighted by Crippen LogP contribution is -2.29. The van der Waals surface area contributed by atoms with Gasteiger partial charge in [0.05, 0.1) is 18.7 Å². The summed E-state index contributed by atoms with van der Waals surface area (Å²) in [6.45, 7) is 6.22. The number of hydrogen-bond donors (Lipinski definition) is 1. The Balaban J connectivity index is 1.60. The van der Waals surface area contributed by atoms with Crippen molar-refractivity contribution in [2.45, 2.75) is 33.4 Å². The molecule has 0 saturated carbocycles. The monoisotopic (exact) mass is 533 g/mol. The highest BCUT2D eigenvalue weighted by Gasteiger charge is 2.48. The van der Waals surface area contributed by atoms with E-state index in [9.17, 15) is 14.7 Å². The summed E-state index contributed by atoms with van der Waals surface area (Å²) in [7, 11) is 1.54. The Bertz CT molecular complexity index is 1620. The van der Waals surface area contributed by atoms with Gasteiger partial charge in [-0.2, -0.15) is 0 Å². The second kappa shape index (κ2) is 11.1. The number of carbonyl (C=O) groups is 2. The fraction of sp³-hybridized carbons (Fsp3) is 0.176. The standard InChI is InChI=1S/C34H31NO5/c1-21-14-16-26(19-22(21)2)35-31(27-12-8-9-13-29(27)39-4)30(33(37)34(35)38)32(36)25-15-17-28(23(3)18-25)40-20-24-10-6-5-7-11-24/h5-19,31,36H,20H2,1-4H3/b32-30+. The predicted molar refractivity (Wildman–Crippen MR) is 156 cm³/mol. The number of anilines is 1. The highest BCUT2D eigenvalue weighted by atomic mass is 16.5. The van der Waals surface area contributed by atoms with Crippen molar-refractivity contribution in [3.63, 3.8) is 0 Å². The van der Waals surface area contributed by atoms with Gasteiger partial charge in [0.2, 0.25) is 0 Å². The summed E-state index contributed by atoms with van der Waals surface area (Å²) in [6.07, 6.45) is 0. The number of ether oxygens (including phenoxy) is 2. The van der Waals surface area contributed by atoms with Crippen LogP contribution in [0, 0.1) is 20.8 Å². The van der Waals surface area contributed by atoms with Crippen molar-refractivity contribution in [2.75, 3.05) is 12.0 Å². The third-order valence-electron chi connectivity index (χ3n) is 7.33. The van der Waals surface area contributed by atoms with Gasteiger partial charge in [-0.05, 0) is 79.4 Å². The van der Waals surface area contributed by atoms with Gasteiger partial charge < -0.3 is 14.6 Å². The van der Waals surface area contributed by atoms with Gasteiger partial charge in [-0.1, -0.05) is 54.6 Å². The van der Waals surface area contributed by atoms with Crippen molar-refractivity contribution >= 4 is 23.1 Å². The van der Waals surface area contributed by atoms with Crippen molar-refractivity contribution in [3.05, 3.63) is 130 Å². The summed E-state index contributed by atoms with van der Waals surface area (Å²) >= 11 is 0. The number of nitrogens with zero attached hydrogens (tertiary/aromatic N) is 1. The van der Waals surface area contributed by atoms with Crippen molar-refractivity contribution in [1.82, 2.24) is 0 Å². The molecule has 1 aliphatic rings. The highest BCUT2D eigenvalue weighted by Crippen LogP contribution is 2.45. The number of rotatable bonds is 7. The summed E-state index contributed by atoms with van der Waals surface area (Å²) in [5.74, 6) is -0.542. The third kappa shape index (κ3) is 4.96. The Hall–Kier alpha value is -4.84. The average molecular weight is 534 g/mol. The maximum atomic E-state index is 13.6. The Morgan fingerprint density at radius 1 is 0.800 bits per heavy atom. The van der Waals surface area contributed by atoms with E-state index < -0.39 is 17.7 Å². The second-order valence-electron chi connectivity index (χ2n) is 9.93. The molecule has 0 aliphatic carbocycles. The van der Waals surface area contributed by atoms with E-state index in [0.29, 0.717) is 34.9 Å². The van der Waals surface area contributed by atoms with E-state index in [0.717, 1.165) is 22.3 Å². The molecule has 0 radical (unpaired) electrons. The summed E-state index contributed by atoms with van der Waals surface area (Å²) in [6, 6.07) is 27.0. The lowest BCUT2D eigenvalue weighted by molar-refractivity contribution is -0.132. The molecule has 1 aliphatic heterocycles. The Kier molecular flexibility index (Phi) is 7.43. The zero-order valence-electron chi connectivity index (χ0n) is 23.0. The first-order chi connectivity index (χ1) is 19.3. The van der Waals surface area contributed by atoms with Crippen molar-refractivity contribution < 1.29 is 24.2 Å². The smallest absolute Gasteiger partial charge is 0.300 e. The first-order valence-corrected chi connectivity index (χ1v) is 13.1. The van der Waals surface area contributed by atoms with Crippen LogP contribution in [0.25, 0.3) is 5.76 Å². The molecule has 202 valence electrons. The van der Waals surface area contributed by atoms with Crippen LogP contribution >= 0.6 is 0 Å². The largest absolute Gasteiger partial charge is 0.507 e. The van der Waals surface area contributed by atoms with Gasteiger partial charge >= 0.3 is 0 Å². The van der Waals surface area contributed by atoms with E-state index in [2.05, 4.69) is 0 Å². The fourth-order valence-electron chi connectivity index (χ4n) is 5.01. The fourth-order valence-corrected chi connectivity index (χ4v) is 5.01. The molecule has 0 spiro atoms. The van der Waals surface area contributed by atoms with E-state index in [1.165, 1.54) is 4.90 Å². The molecular formula is C34H31NO5. The number of aliphatic hydroxyl groups is 1. The van der Waals surface area contributed by atoms with Gasteiger partial charge in [0.1, 0.15) is 23.9 Å². The van der Waals surface area contributed by atoms with E-state index in [1.54, 1.807) is 31.4 Å². The van der Waals surface area contributed by atoms with E-state index in [1.807, 2.05) is 87.5 Å². The number of carbonyl (C=O) groups excluding carboxylic acids is 2. The van der Waals surface area contributed by atoms with Crippen LogP contribution in [0.4, 0.5) is 5.69 Å². The number of amides is 1. The topological polar surface area (TPSA) is 76.1 Å². The van der Waals surface area contributed by atoms with Gasteiger partial charge in [-0.15, -0.1) is 0 Å². The van der Waals surface area contributed by atoms with Gasteiger partial charge in [0, 0.05) is 16.8 Å². The minimum Gasteiger partial charge on any atom is -0.507 e. The first kappa shape index (κ1) is 26.8. The van der Waals surface area contributed by atoms with Crippen molar-refractivity contribution in [1.29, 1.82) is 0 Å². The number of benzene rings is 4. The number of methoxy groups -OCH3 is 1. The minimum absolute atomic E-state index is 0.00471. The zero-order valence-corrected chi connectivity index (χ0v) is 23.0. The SMILES string of the molecule is COc1ccccc1C1/C(=C(\O)c2ccc(OCc3ccccc3)c(C)c2)C(=O)C(=O)N1c1ccc(C)c(C)c1. The van der Waals surface area contributed by atoms with Crippen LogP contribution in [0.2, 0.25) is 0 Å². The van der Waals surface area contributed by atoms with Gasteiger partial charge in [0.15, 0.2) is 0 Å². The number of Topliss-reactive ketones (excluding diaryl/α,β-unsaturated/α-hetero) is 1. The molecule has 1 fully saturated rings.